The molecule has 1 aromatic rings. The Balaban J connectivity index is 2.75. The van der Waals surface area contributed by atoms with E-state index >= 15 is 0 Å². The molecule has 3 heteroatoms. The quantitative estimate of drug-likeness (QED) is 0.752. The number of carbonyl (C=O) groups is 1. The number of hydrogen-bond donors (Lipinski definition) is 1. The van der Waals surface area contributed by atoms with Crippen LogP contribution in [0.15, 0.2) is 29.2 Å². The fraction of sp³-hybridized carbons (Fsp3) is 0.300. The summed E-state index contributed by atoms with van der Waals surface area (Å²) >= 11 is 1.77. The molecule has 1 rings (SSSR count). The number of hydrogen-bond acceptors (Lipinski definition) is 2. The molecule has 0 fully saturated rings. The second-order valence-electron chi connectivity index (χ2n) is 3.06. The van der Waals surface area contributed by atoms with Crippen LogP contribution in [0.4, 0.5) is 0 Å². The topological polar surface area (TPSA) is 43.1 Å². The summed E-state index contributed by atoms with van der Waals surface area (Å²) in [5.74, 6) is -0.374. The standard InChI is InChI=1S/C10H13NOS/c1-7(2)13-9-5-3-8(4-6-9)10(11)12/h3-7H,1-2H3,(H2,11,12). The molecule has 2 N–H and O–H groups in total. The van der Waals surface area contributed by atoms with Gasteiger partial charge in [0.25, 0.3) is 0 Å². The Morgan fingerprint density at radius 3 is 2.23 bits per heavy atom. The van der Waals surface area contributed by atoms with E-state index in [2.05, 4.69) is 13.8 Å². The van der Waals surface area contributed by atoms with Gasteiger partial charge >= 0.3 is 0 Å². The van der Waals surface area contributed by atoms with Crippen LogP contribution < -0.4 is 5.73 Å². The third-order valence-corrected chi connectivity index (χ3v) is 2.53. The molecular weight excluding hydrogens is 182 g/mol. The van der Waals surface area contributed by atoms with Gasteiger partial charge in [-0.15, -0.1) is 11.8 Å². The maximum absolute atomic E-state index is 10.7. The van der Waals surface area contributed by atoms with Crippen LogP contribution in [-0.4, -0.2) is 11.2 Å². The van der Waals surface area contributed by atoms with Crippen molar-refractivity contribution in [2.24, 2.45) is 5.73 Å². The van der Waals surface area contributed by atoms with Crippen molar-refractivity contribution in [3.63, 3.8) is 0 Å². The lowest BCUT2D eigenvalue weighted by Gasteiger charge is -2.04. The van der Waals surface area contributed by atoms with Crippen molar-refractivity contribution >= 4 is 17.7 Å². The Kier molecular flexibility index (Phi) is 3.37. The lowest BCUT2D eigenvalue weighted by molar-refractivity contribution is 0.100. The zero-order chi connectivity index (χ0) is 9.84. The molecule has 0 unspecified atom stereocenters. The first-order chi connectivity index (χ1) is 6.09. The summed E-state index contributed by atoms with van der Waals surface area (Å²) in [7, 11) is 0. The maximum Gasteiger partial charge on any atom is 0.248 e. The van der Waals surface area contributed by atoms with Gasteiger partial charge in [-0.1, -0.05) is 13.8 Å². The Bertz CT molecular complexity index is 292. The summed E-state index contributed by atoms with van der Waals surface area (Å²) in [5.41, 5.74) is 5.68. The summed E-state index contributed by atoms with van der Waals surface area (Å²) in [6, 6.07) is 7.36. The van der Waals surface area contributed by atoms with Crippen molar-refractivity contribution in [3.05, 3.63) is 29.8 Å². The van der Waals surface area contributed by atoms with Gasteiger partial charge in [-0.25, -0.2) is 0 Å². The molecule has 1 aromatic carbocycles. The summed E-state index contributed by atoms with van der Waals surface area (Å²) in [4.78, 5) is 11.9. The molecule has 0 atom stereocenters. The number of benzene rings is 1. The minimum absolute atomic E-state index is 0.374. The van der Waals surface area contributed by atoms with E-state index in [0.29, 0.717) is 10.8 Å². The molecule has 0 aliphatic carbocycles. The molecule has 0 saturated heterocycles. The normalized spacial score (nSPS) is 10.4. The molecule has 70 valence electrons. The van der Waals surface area contributed by atoms with Crippen LogP contribution >= 0.6 is 11.8 Å². The third kappa shape index (κ3) is 3.11. The van der Waals surface area contributed by atoms with Crippen molar-refractivity contribution in [2.45, 2.75) is 24.0 Å². The zero-order valence-electron chi connectivity index (χ0n) is 7.78. The lowest BCUT2D eigenvalue weighted by atomic mass is 10.2. The van der Waals surface area contributed by atoms with Gasteiger partial charge in [-0.05, 0) is 24.3 Å². The highest BCUT2D eigenvalue weighted by Gasteiger charge is 2.01. The molecule has 13 heavy (non-hydrogen) atoms. The summed E-state index contributed by atoms with van der Waals surface area (Å²) < 4.78 is 0. The number of carbonyl (C=O) groups excluding carboxylic acids is 1. The van der Waals surface area contributed by atoms with Crippen molar-refractivity contribution in [3.8, 4) is 0 Å². The Hall–Kier alpha value is -0.960. The highest BCUT2D eigenvalue weighted by Crippen LogP contribution is 2.22. The second kappa shape index (κ2) is 4.33. The highest BCUT2D eigenvalue weighted by molar-refractivity contribution is 7.99. The van der Waals surface area contributed by atoms with Crippen LogP contribution in [0, 0.1) is 0 Å². The Morgan fingerprint density at radius 2 is 1.85 bits per heavy atom. The molecule has 0 spiro atoms. The maximum atomic E-state index is 10.7. The van der Waals surface area contributed by atoms with Crippen molar-refractivity contribution in [1.29, 1.82) is 0 Å². The zero-order valence-corrected chi connectivity index (χ0v) is 8.60. The van der Waals surface area contributed by atoms with Gasteiger partial charge in [0, 0.05) is 15.7 Å². The van der Waals surface area contributed by atoms with E-state index in [1.54, 1.807) is 23.9 Å². The van der Waals surface area contributed by atoms with Crippen LogP contribution in [0.3, 0.4) is 0 Å². The van der Waals surface area contributed by atoms with Gasteiger partial charge in [0.2, 0.25) is 5.91 Å². The monoisotopic (exact) mass is 195 g/mol. The van der Waals surface area contributed by atoms with E-state index in [0.717, 1.165) is 0 Å². The van der Waals surface area contributed by atoms with E-state index < -0.39 is 0 Å². The molecule has 1 amide bonds. The third-order valence-electron chi connectivity index (χ3n) is 1.51. The van der Waals surface area contributed by atoms with Gasteiger partial charge < -0.3 is 5.73 Å². The molecule has 0 aliphatic rings. The van der Waals surface area contributed by atoms with E-state index in [1.165, 1.54) is 4.90 Å². The molecule has 0 saturated carbocycles. The van der Waals surface area contributed by atoms with Crippen LogP contribution in [-0.2, 0) is 0 Å². The smallest absolute Gasteiger partial charge is 0.248 e. The minimum Gasteiger partial charge on any atom is -0.366 e. The fourth-order valence-corrected chi connectivity index (χ4v) is 1.81. The van der Waals surface area contributed by atoms with E-state index in [-0.39, 0.29) is 5.91 Å². The van der Waals surface area contributed by atoms with Gasteiger partial charge in [0.15, 0.2) is 0 Å². The average molecular weight is 195 g/mol. The van der Waals surface area contributed by atoms with Crippen LogP contribution in [0.1, 0.15) is 24.2 Å². The largest absolute Gasteiger partial charge is 0.366 e. The van der Waals surface area contributed by atoms with Gasteiger partial charge in [-0.3, -0.25) is 4.79 Å². The second-order valence-corrected chi connectivity index (χ2v) is 4.71. The van der Waals surface area contributed by atoms with E-state index in [9.17, 15) is 4.79 Å². The van der Waals surface area contributed by atoms with E-state index in [4.69, 9.17) is 5.73 Å². The SMILES string of the molecule is CC(C)Sc1ccc(C(N)=O)cc1. The summed E-state index contributed by atoms with van der Waals surface area (Å²) in [5, 5.41) is 0.555. The number of nitrogens with two attached hydrogens (primary N) is 1. The first-order valence-corrected chi connectivity index (χ1v) is 5.04. The Labute approximate surface area is 82.5 Å². The minimum atomic E-state index is -0.374. The predicted molar refractivity (Wildman–Crippen MR) is 56.0 cm³/mol. The van der Waals surface area contributed by atoms with Gasteiger partial charge in [-0.2, -0.15) is 0 Å². The number of rotatable bonds is 3. The Morgan fingerprint density at radius 1 is 1.31 bits per heavy atom. The first-order valence-electron chi connectivity index (χ1n) is 4.16. The van der Waals surface area contributed by atoms with Crippen molar-refractivity contribution in [2.75, 3.05) is 0 Å². The first kappa shape index (κ1) is 10.1. The lowest BCUT2D eigenvalue weighted by Crippen LogP contribution is -2.10. The molecule has 2 nitrogen and oxygen atoms in total. The number of amides is 1. The summed E-state index contributed by atoms with van der Waals surface area (Å²) in [6.45, 7) is 4.26. The van der Waals surface area contributed by atoms with Crippen LogP contribution in [0.5, 0.6) is 0 Å². The van der Waals surface area contributed by atoms with Crippen molar-refractivity contribution < 1.29 is 4.79 Å². The predicted octanol–water partition coefficient (Wildman–Crippen LogP) is 2.29. The van der Waals surface area contributed by atoms with E-state index in [1.807, 2.05) is 12.1 Å². The van der Waals surface area contributed by atoms with Gasteiger partial charge in [0.05, 0.1) is 0 Å². The highest BCUT2D eigenvalue weighted by atomic mass is 32.2. The van der Waals surface area contributed by atoms with Gasteiger partial charge in [0.1, 0.15) is 0 Å². The number of primary amides is 1. The molecule has 0 radical (unpaired) electrons. The molecule has 0 aliphatic heterocycles. The average Bonchev–Trinajstić information content (AvgIpc) is 2.04. The molecule has 0 heterocycles. The van der Waals surface area contributed by atoms with Crippen LogP contribution in [0.2, 0.25) is 0 Å². The molecule has 0 aromatic heterocycles. The number of thioether (sulfide) groups is 1. The molecular formula is C10H13NOS. The van der Waals surface area contributed by atoms with Crippen LogP contribution in [0.25, 0.3) is 0 Å². The summed E-state index contributed by atoms with van der Waals surface area (Å²) in [6.07, 6.45) is 0. The van der Waals surface area contributed by atoms with Crippen molar-refractivity contribution in [1.82, 2.24) is 0 Å². The fourth-order valence-electron chi connectivity index (χ4n) is 0.970. The molecule has 0 bridgehead atoms.